The van der Waals surface area contributed by atoms with Gasteiger partial charge >= 0.3 is 5.97 Å². The number of fused-ring (bicyclic) bond motifs is 2. The van der Waals surface area contributed by atoms with Gasteiger partial charge in [-0.15, -0.1) is 0 Å². The molecule has 2 aliphatic carbocycles. The Morgan fingerprint density at radius 1 is 1.25 bits per heavy atom. The predicted octanol–water partition coefficient (Wildman–Crippen LogP) is 3.95. The van der Waals surface area contributed by atoms with Gasteiger partial charge in [0.2, 0.25) is 0 Å². The van der Waals surface area contributed by atoms with Crippen molar-refractivity contribution in [2.75, 3.05) is 0 Å². The fourth-order valence-corrected chi connectivity index (χ4v) is 4.02. The van der Waals surface area contributed by atoms with Crippen molar-refractivity contribution in [2.24, 2.45) is 16.7 Å². The van der Waals surface area contributed by atoms with Gasteiger partial charge in [0.25, 0.3) is 0 Å². The molecule has 3 nitrogen and oxygen atoms in total. The van der Waals surface area contributed by atoms with Crippen LogP contribution in [0.15, 0.2) is 0 Å². The molecular weight excluding hydrogens is 252 g/mol. The second-order valence-corrected chi connectivity index (χ2v) is 8.41. The molecule has 2 aliphatic rings. The Morgan fingerprint density at radius 3 is 2.25 bits per heavy atom. The number of hydrogen-bond acceptors (Lipinski definition) is 3. The molecule has 4 atom stereocenters. The van der Waals surface area contributed by atoms with Crippen LogP contribution in [0, 0.1) is 16.7 Å². The zero-order valence-electron chi connectivity index (χ0n) is 14.1. The van der Waals surface area contributed by atoms with Gasteiger partial charge in [0.05, 0.1) is 6.10 Å². The van der Waals surface area contributed by atoms with E-state index in [0.717, 1.165) is 12.3 Å². The van der Waals surface area contributed by atoms with Gasteiger partial charge < -0.3 is 9.47 Å². The molecule has 0 N–H and O–H groups in total. The number of carbonyl (C=O) groups excluding carboxylic acids is 1. The van der Waals surface area contributed by atoms with Crippen molar-refractivity contribution in [3.05, 3.63) is 0 Å². The molecule has 4 unspecified atom stereocenters. The zero-order valence-corrected chi connectivity index (χ0v) is 14.1. The first kappa shape index (κ1) is 15.8. The third-order valence-electron chi connectivity index (χ3n) is 5.82. The molecule has 0 aromatic carbocycles. The summed E-state index contributed by atoms with van der Waals surface area (Å²) in [6.45, 7) is 14.5. The average molecular weight is 282 g/mol. The van der Waals surface area contributed by atoms with Crippen LogP contribution >= 0.6 is 0 Å². The van der Waals surface area contributed by atoms with Crippen LogP contribution in [0.1, 0.15) is 67.7 Å². The molecule has 0 aromatic heterocycles. The van der Waals surface area contributed by atoms with E-state index in [0.29, 0.717) is 5.41 Å². The van der Waals surface area contributed by atoms with Crippen molar-refractivity contribution < 1.29 is 14.3 Å². The lowest BCUT2D eigenvalue weighted by atomic mass is 9.70. The first-order valence-corrected chi connectivity index (χ1v) is 7.86. The van der Waals surface area contributed by atoms with Crippen LogP contribution in [0.2, 0.25) is 0 Å². The molecule has 0 heterocycles. The fourth-order valence-electron chi connectivity index (χ4n) is 4.02. The molecule has 0 amide bonds. The number of carbonyl (C=O) groups is 1. The average Bonchev–Trinajstić information content (AvgIpc) is 2.59. The summed E-state index contributed by atoms with van der Waals surface area (Å²) in [6, 6.07) is 0. The third kappa shape index (κ3) is 2.49. The number of ether oxygens (including phenoxy) is 2. The lowest BCUT2D eigenvalue weighted by molar-refractivity contribution is -0.176. The van der Waals surface area contributed by atoms with Crippen molar-refractivity contribution in [1.29, 1.82) is 0 Å². The largest absolute Gasteiger partial charge is 0.458 e. The summed E-state index contributed by atoms with van der Waals surface area (Å²) in [4.78, 5) is 12.1. The summed E-state index contributed by atoms with van der Waals surface area (Å²) in [5.74, 6) is 0.477. The Morgan fingerprint density at radius 2 is 1.85 bits per heavy atom. The van der Waals surface area contributed by atoms with Crippen LogP contribution in [0.25, 0.3) is 0 Å². The third-order valence-corrected chi connectivity index (χ3v) is 5.82. The van der Waals surface area contributed by atoms with E-state index in [9.17, 15) is 4.79 Å². The number of esters is 1. The highest BCUT2D eigenvalue weighted by Crippen LogP contribution is 2.66. The minimum Gasteiger partial charge on any atom is -0.458 e. The highest BCUT2D eigenvalue weighted by molar-refractivity contribution is 5.74. The van der Waals surface area contributed by atoms with Crippen molar-refractivity contribution >= 4 is 5.97 Å². The van der Waals surface area contributed by atoms with Crippen LogP contribution in [0.5, 0.6) is 0 Å². The molecule has 0 radical (unpaired) electrons. The van der Waals surface area contributed by atoms with Crippen LogP contribution < -0.4 is 0 Å². The molecule has 2 bridgehead atoms. The lowest BCUT2D eigenvalue weighted by Crippen LogP contribution is -2.41. The van der Waals surface area contributed by atoms with Crippen molar-refractivity contribution in [3.63, 3.8) is 0 Å². The molecule has 2 rings (SSSR count). The zero-order chi connectivity index (χ0) is 15.3. The first-order valence-electron chi connectivity index (χ1n) is 7.86. The molecule has 20 heavy (non-hydrogen) atoms. The minimum absolute atomic E-state index is 0.179. The summed E-state index contributed by atoms with van der Waals surface area (Å²) in [5.41, 5.74) is 0.0474. The van der Waals surface area contributed by atoms with Gasteiger partial charge in [-0.3, -0.25) is 0 Å². The summed E-state index contributed by atoms with van der Waals surface area (Å²) in [5, 5.41) is 0. The molecular formula is C17H30O3. The van der Waals surface area contributed by atoms with E-state index in [-0.39, 0.29) is 17.5 Å². The minimum atomic E-state index is -0.480. The van der Waals surface area contributed by atoms with Gasteiger partial charge in [-0.05, 0) is 63.7 Å². The normalized spacial score (nSPS) is 37.0. The maximum Gasteiger partial charge on any atom is 0.335 e. The smallest absolute Gasteiger partial charge is 0.335 e. The molecule has 0 spiro atoms. The Kier molecular flexibility index (Phi) is 3.73. The molecule has 2 saturated carbocycles. The van der Waals surface area contributed by atoms with Gasteiger partial charge in [-0.1, -0.05) is 20.8 Å². The van der Waals surface area contributed by atoms with Crippen molar-refractivity contribution in [2.45, 2.75) is 85.5 Å². The van der Waals surface area contributed by atoms with E-state index in [1.54, 1.807) is 0 Å². The first-order chi connectivity index (χ1) is 8.97. The van der Waals surface area contributed by atoms with Crippen LogP contribution in [-0.2, 0) is 14.3 Å². The summed E-state index contributed by atoms with van der Waals surface area (Å²) in [7, 11) is 0. The summed E-state index contributed by atoms with van der Waals surface area (Å²) < 4.78 is 11.5. The Balaban J connectivity index is 2.00. The van der Waals surface area contributed by atoms with Crippen molar-refractivity contribution in [3.8, 4) is 0 Å². The Bertz CT molecular complexity index is 394. The van der Waals surface area contributed by atoms with Gasteiger partial charge in [0.1, 0.15) is 5.60 Å². The SMILES string of the molecule is CC(OC1CC2CCC1(C)C2(C)C)C(=O)OC(C)(C)C. The van der Waals surface area contributed by atoms with E-state index in [1.807, 2.05) is 27.7 Å². The van der Waals surface area contributed by atoms with Crippen LogP contribution in [0.4, 0.5) is 0 Å². The standard InChI is InChI=1S/C17H30O3/c1-11(14(18)20-15(2,3)4)19-13-10-12-8-9-17(13,7)16(12,5)6/h11-13H,8-10H2,1-7H3. The summed E-state index contributed by atoms with van der Waals surface area (Å²) >= 11 is 0. The highest BCUT2D eigenvalue weighted by Gasteiger charge is 2.62. The van der Waals surface area contributed by atoms with E-state index in [2.05, 4.69) is 20.8 Å². The second kappa shape index (κ2) is 4.72. The molecule has 3 heteroatoms. The van der Waals surface area contributed by atoms with Gasteiger partial charge in [-0.25, -0.2) is 4.79 Å². The molecule has 0 aliphatic heterocycles. The highest BCUT2D eigenvalue weighted by atomic mass is 16.6. The number of hydrogen-bond donors (Lipinski definition) is 0. The Hall–Kier alpha value is -0.570. The topological polar surface area (TPSA) is 35.5 Å². The molecule has 2 fully saturated rings. The second-order valence-electron chi connectivity index (χ2n) is 8.41. The maximum absolute atomic E-state index is 12.1. The van der Waals surface area contributed by atoms with Crippen LogP contribution in [0.3, 0.4) is 0 Å². The van der Waals surface area contributed by atoms with E-state index >= 15 is 0 Å². The van der Waals surface area contributed by atoms with Gasteiger partial charge in [-0.2, -0.15) is 0 Å². The van der Waals surface area contributed by atoms with Crippen LogP contribution in [-0.4, -0.2) is 23.8 Å². The number of rotatable bonds is 3. The molecule has 0 saturated heterocycles. The van der Waals surface area contributed by atoms with E-state index < -0.39 is 11.7 Å². The molecule has 0 aromatic rings. The Labute approximate surface area is 123 Å². The lowest BCUT2D eigenvalue weighted by Gasteiger charge is -2.39. The monoisotopic (exact) mass is 282 g/mol. The van der Waals surface area contributed by atoms with E-state index in [1.165, 1.54) is 12.8 Å². The molecule has 116 valence electrons. The van der Waals surface area contributed by atoms with Crippen molar-refractivity contribution in [1.82, 2.24) is 0 Å². The summed E-state index contributed by atoms with van der Waals surface area (Å²) in [6.07, 6.45) is 3.28. The van der Waals surface area contributed by atoms with E-state index in [4.69, 9.17) is 9.47 Å². The predicted molar refractivity (Wildman–Crippen MR) is 79.4 cm³/mol. The quantitative estimate of drug-likeness (QED) is 0.735. The van der Waals surface area contributed by atoms with Gasteiger partial charge in [0.15, 0.2) is 6.10 Å². The van der Waals surface area contributed by atoms with Gasteiger partial charge in [0, 0.05) is 0 Å². The fraction of sp³-hybridized carbons (Fsp3) is 0.941. The maximum atomic E-state index is 12.1.